The Bertz CT molecular complexity index is 1030. The zero-order chi connectivity index (χ0) is 23.8. The molecule has 9 heteroatoms. The van der Waals surface area contributed by atoms with Gasteiger partial charge in [-0.2, -0.15) is 0 Å². The molecule has 0 atom stereocenters. The molecule has 7 nitrogen and oxygen atoms in total. The number of nitrogens with zero attached hydrogens (tertiary/aromatic N) is 2. The van der Waals surface area contributed by atoms with Crippen LogP contribution in [-0.2, 0) is 9.59 Å². The van der Waals surface area contributed by atoms with Crippen molar-refractivity contribution in [2.24, 2.45) is 0 Å². The first-order valence-electron chi connectivity index (χ1n) is 10.7. The Morgan fingerprint density at radius 1 is 1.12 bits per heavy atom. The number of thiocarbonyl (C=S) groups is 1. The third kappa shape index (κ3) is 6.94. The van der Waals surface area contributed by atoms with Gasteiger partial charge >= 0.3 is 0 Å². The topological polar surface area (TPSA) is 73.9 Å². The number of amides is 2. The van der Waals surface area contributed by atoms with E-state index >= 15 is 0 Å². The molecule has 1 aliphatic rings. The fourth-order valence-corrected chi connectivity index (χ4v) is 3.88. The lowest BCUT2D eigenvalue weighted by atomic mass is 10.2. The molecule has 0 unspecified atom stereocenters. The molecule has 0 bridgehead atoms. The van der Waals surface area contributed by atoms with Gasteiger partial charge in [0, 0.05) is 43.7 Å². The third-order valence-corrected chi connectivity index (χ3v) is 5.70. The maximum Gasteiger partial charge on any atom is 0.250 e. The molecule has 1 fully saturated rings. The Labute approximate surface area is 204 Å². The van der Waals surface area contributed by atoms with Crippen molar-refractivity contribution in [3.05, 3.63) is 59.1 Å². The summed E-state index contributed by atoms with van der Waals surface area (Å²) in [6.45, 7) is 4.59. The van der Waals surface area contributed by atoms with Gasteiger partial charge < -0.3 is 19.9 Å². The molecule has 0 spiro atoms. The fraction of sp³-hybridized carbons (Fsp3) is 0.292. The molecule has 3 rings (SSSR count). The number of ether oxygens (including phenoxy) is 1. The molecule has 1 aliphatic heterocycles. The quantitative estimate of drug-likeness (QED) is 0.476. The Morgan fingerprint density at radius 3 is 2.45 bits per heavy atom. The lowest BCUT2D eigenvalue weighted by Crippen LogP contribution is -2.48. The van der Waals surface area contributed by atoms with Crippen molar-refractivity contribution in [1.29, 1.82) is 0 Å². The largest absolute Gasteiger partial charge is 0.497 e. The smallest absolute Gasteiger partial charge is 0.250 e. The normalized spacial score (nSPS) is 13.7. The van der Waals surface area contributed by atoms with E-state index < -0.39 is 0 Å². The molecule has 0 saturated carbocycles. The van der Waals surface area contributed by atoms with Crippen LogP contribution in [0.4, 0.5) is 11.4 Å². The maximum atomic E-state index is 12.3. The minimum Gasteiger partial charge on any atom is -0.497 e. The summed E-state index contributed by atoms with van der Waals surface area (Å²) in [6.07, 6.45) is 3.62. The van der Waals surface area contributed by atoms with Gasteiger partial charge in [-0.15, -0.1) is 0 Å². The average molecular weight is 487 g/mol. The van der Waals surface area contributed by atoms with Crippen LogP contribution in [-0.4, -0.2) is 55.1 Å². The first-order chi connectivity index (χ1) is 15.9. The zero-order valence-corrected chi connectivity index (χ0v) is 20.2. The van der Waals surface area contributed by atoms with Gasteiger partial charge in [-0.05, 0) is 54.2 Å². The number of hydrogen-bond acceptors (Lipinski definition) is 5. The number of methoxy groups -OCH3 is 1. The van der Waals surface area contributed by atoms with E-state index in [0.717, 1.165) is 17.0 Å². The van der Waals surface area contributed by atoms with Crippen LogP contribution in [0, 0.1) is 0 Å². The molecular weight excluding hydrogens is 460 g/mol. The van der Waals surface area contributed by atoms with Crippen molar-refractivity contribution in [2.75, 3.05) is 43.5 Å². The molecule has 2 aromatic carbocycles. The van der Waals surface area contributed by atoms with Crippen LogP contribution < -0.4 is 20.3 Å². The minimum absolute atomic E-state index is 0.163. The van der Waals surface area contributed by atoms with Crippen LogP contribution in [0.15, 0.2) is 48.5 Å². The van der Waals surface area contributed by atoms with E-state index in [1.165, 1.54) is 6.08 Å². The molecule has 1 saturated heterocycles. The summed E-state index contributed by atoms with van der Waals surface area (Å²) in [4.78, 5) is 28.3. The van der Waals surface area contributed by atoms with Gasteiger partial charge in [0.2, 0.25) is 11.8 Å². The Balaban J connectivity index is 1.61. The number of rotatable bonds is 6. The standard InChI is InChI=1S/C24H27ClN4O3S/c1-3-23(31)29-14-12-28(13-15-29)21-10-7-18(25)16-20(21)26-24(33)27-22(30)11-6-17-4-8-19(32-2)9-5-17/h4-11,16H,3,12-15H2,1-2H3,(H2,26,27,30,33). The van der Waals surface area contributed by atoms with Crippen LogP contribution in [0.5, 0.6) is 5.75 Å². The van der Waals surface area contributed by atoms with Crippen LogP contribution >= 0.6 is 23.8 Å². The van der Waals surface area contributed by atoms with Gasteiger partial charge in [-0.3, -0.25) is 14.9 Å². The number of benzene rings is 2. The number of anilines is 2. The highest BCUT2D eigenvalue weighted by Gasteiger charge is 2.22. The molecule has 174 valence electrons. The Morgan fingerprint density at radius 2 is 1.82 bits per heavy atom. The monoisotopic (exact) mass is 486 g/mol. The van der Waals surface area contributed by atoms with Crippen LogP contribution in [0.3, 0.4) is 0 Å². The van der Waals surface area contributed by atoms with Crippen molar-refractivity contribution >= 4 is 58.2 Å². The lowest BCUT2D eigenvalue weighted by molar-refractivity contribution is -0.131. The fourth-order valence-electron chi connectivity index (χ4n) is 3.50. The summed E-state index contributed by atoms with van der Waals surface area (Å²) in [5, 5.41) is 6.46. The first-order valence-corrected chi connectivity index (χ1v) is 11.4. The predicted octanol–water partition coefficient (Wildman–Crippen LogP) is 3.93. The summed E-state index contributed by atoms with van der Waals surface area (Å²) in [5.74, 6) is 0.562. The molecule has 2 N–H and O–H groups in total. The number of carbonyl (C=O) groups excluding carboxylic acids is 2. The Kier molecular flexibility index (Phi) is 8.68. The van der Waals surface area contributed by atoms with Gasteiger partial charge in [0.25, 0.3) is 0 Å². The highest BCUT2D eigenvalue weighted by molar-refractivity contribution is 7.80. The summed E-state index contributed by atoms with van der Waals surface area (Å²) in [6, 6.07) is 12.8. The van der Waals surface area contributed by atoms with Crippen LogP contribution in [0.25, 0.3) is 6.08 Å². The predicted molar refractivity (Wildman–Crippen MR) is 137 cm³/mol. The number of hydrogen-bond donors (Lipinski definition) is 2. The zero-order valence-electron chi connectivity index (χ0n) is 18.6. The Hall–Kier alpha value is -3.10. The molecular formula is C24H27ClN4O3S. The van der Waals surface area contributed by atoms with Crippen molar-refractivity contribution < 1.29 is 14.3 Å². The maximum absolute atomic E-state index is 12.3. The minimum atomic E-state index is -0.349. The molecule has 2 amide bonds. The molecule has 33 heavy (non-hydrogen) atoms. The van der Waals surface area contributed by atoms with Gasteiger partial charge in [-0.25, -0.2) is 0 Å². The molecule has 0 radical (unpaired) electrons. The molecule has 1 heterocycles. The first kappa shape index (κ1) is 24.5. The van der Waals surface area contributed by atoms with E-state index in [0.29, 0.717) is 43.3 Å². The lowest BCUT2D eigenvalue weighted by Gasteiger charge is -2.37. The molecule has 0 aliphatic carbocycles. The summed E-state index contributed by atoms with van der Waals surface area (Å²) in [7, 11) is 1.60. The van der Waals surface area contributed by atoms with Gasteiger partial charge in [-0.1, -0.05) is 30.7 Å². The van der Waals surface area contributed by atoms with Crippen molar-refractivity contribution in [3.8, 4) is 5.75 Å². The van der Waals surface area contributed by atoms with Crippen LogP contribution in [0.2, 0.25) is 5.02 Å². The van der Waals surface area contributed by atoms with E-state index in [1.54, 1.807) is 19.3 Å². The van der Waals surface area contributed by atoms with Crippen molar-refractivity contribution in [1.82, 2.24) is 10.2 Å². The highest BCUT2D eigenvalue weighted by Crippen LogP contribution is 2.30. The van der Waals surface area contributed by atoms with Gasteiger partial charge in [0.05, 0.1) is 18.5 Å². The van der Waals surface area contributed by atoms with Gasteiger partial charge in [0.15, 0.2) is 5.11 Å². The van der Waals surface area contributed by atoms with Crippen molar-refractivity contribution in [3.63, 3.8) is 0 Å². The molecule has 2 aromatic rings. The highest BCUT2D eigenvalue weighted by atomic mass is 35.5. The number of nitrogens with one attached hydrogen (secondary N) is 2. The van der Waals surface area contributed by atoms with E-state index in [4.69, 9.17) is 28.6 Å². The number of piperazine rings is 1. The number of halogens is 1. The third-order valence-electron chi connectivity index (χ3n) is 5.26. The van der Waals surface area contributed by atoms with Crippen molar-refractivity contribution in [2.45, 2.75) is 13.3 Å². The average Bonchev–Trinajstić information content (AvgIpc) is 2.82. The molecule has 0 aromatic heterocycles. The number of carbonyl (C=O) groups is 2. The van der Waals surface area contributed by atoms with E-state index in [1.807, 2.05) is 48.2 Å². The second-order valence-electron chi connectivity index (χ2n) is 7.43. The van der Waals surface area contributed by atoms with E-state index in [-0.39, 0.29) is 16.9 Å². The van der Waals surface area contributed by atoms with E-state index in [9.17, 15) is 9.59 Å². The van der Waals surface area contributed by atoms with Crippen LogP contribution in [0.1, 0.15) is 18.9 Å². The summed E-state index contributed by atoms with van der Waals surface area (Å²) in [5.41, 5.74) is 2.47. The SMILES string of the molecule is CCC(=O)N1CCN(c2ccc(Cl)cc2NC(=S)NC(=O)C=Cc2ccc(OC)cc2)CC1. The summed E-state index contributed by atoms with van der Waals surface area (Å²) < 4.78 is 5.13. The van der Waals surface area contributed by atoms with Gasteiger partial charge in [0.1, 0.15) is 5.75 Å². The summed E-state index contributed by atoms with van der Waals surface area (Å²) >= 11 is 11.5. The second kappa shape index (κ2) is 11.7. The second-order valence-corrected chi connectivity index (χ2v) is 8.28. The van der Waals surface area contributed by atoms with E-state index in [2.05, 4.69) is 15.5 Å².